The molecule has 1 aromatic carbocycles. The molecule has 9 unspecified atom stereocenters. The second kappa shape index (κ2) is 16.9. The molecule has 0 radical (unpaired) electrons. The summed E-state index contributed by atoms with van der Waals surface area (Å²) < 4.78 is 77.4. The number of rotatable bonds is 15. The van der Waals surface area contributed by atoms with Crippen molar-refractivity contribution in [3.63, 3.8) is 0 Å². The van der Waals surface area contributed by atoms with Crippen molar-refractivity contribution in [2.45, 2.75) is 110 Å². The Morgan fingerprint density at radius 2 is 1.58 bits per heavy atom. The molecule has 1 spiro atoms. The fraction of sp³-hybridized carbons (Fsp3) is 0.548. The van der Waals surface area contributed by atoms with Gasteiger partial charge in [0.1, 0.15) is 28.6 Å². The summed E-state index contributed by atoms with van der Waals surface area (Å²) in [6.07, 6.45) is 8.88. The summed E-state index contributed by atoms with van der Waals surface area (Å²) >= 11 is 0. The molecule has 3 aliphatic carbocycles. The van der Waals surface area contributed by atoms with Crippen LogP contribution in [-0.2, 0) is 47.8 Å². The van der Waals surface area contributed by atoms with Gasteiger partial charge >= 0.3 is 29.4 Å². The number of esters is 1. The van der Waals surface area contributed by atoms with E-state index in [1.807, 2.05) is 45.9 Å². The van der Waals surface area contributed by atoms with E-state index in [9.17, 15) is 48.6 Å². The van der Waals surface area contributed by atoms with E-state index in [0.717, 1.165) is 11.1 Å². The SMILES string of the molecule is COC(=O)/C(C)=C\CC12OC(C)(C)C3CC(C1=O)C(C(C#N)C#N)C1C(=O)c4c(OP(=O)(O)OP(=O)(O)OP(=O)(O)O)c5c(c(CC=C(C)C)c4OC132)OC(C)(CCC=C(C)C)C=C5. The summed E-state index contributed by atoms with van der Waals surface area (Å²) in [6.45, 7) is 14.1. The second-order valence-electron chi connectivity index (χ2n) is 17.9. The van der Waals surface area contributed by atoms with E-state index < -0.39 is 104 Å². The van der Waals surface area contributed by atoms with Gasteiger partial charge in [0.25, 0.3) is 0 Å². The van der Waals surface area contributed by atoms with Crippen LogP contribution in [0.4, 0.5) is 0 Å². The number of methoxy groups -OCH3 is 1. The van der Waals surface area contributed by atoms with Crippen LogP contribution < -0.4 is 14.0 Å². The van der Waals surface area contributed by atoms with Gasteiger partial charge in [-0.05, 0) is 93.2 Å². The molecule has 6 aliphatic rings. The maximum absolute atomic E-state index is 16.0. The molecule has 3 heterocycles. The molecule has 4 bridgehead atoms. The molecule has 4 fully saturated rings. The number of fused-ring (bicyclic) bond motifs is 2. The van der Waals surface area contributed by atoms with Gasteiger partial charge in [0.15, 0.2) is 28.5 Å². The minimum atomic E-state index is -6.09. The highest BCUT2D eigenvalue weighted by atomic mass is 31.3. The summed E-state index contributed by atoms with van der Waals surface area (Å²) in [5.41, 5.74) is -4.97. The maximum Gasteiger partial charge on any atom is 0.536 e. The molecule has 0 aromatic heterocycles. The van der Waals surface area contributed by atoms with E-state index in [4.69, 9.17) is 23.5 Å². The molecule has 0 amide bonds. The van der Waals surface area contributed by atoms with Gasteiger partial charge in [-0.25, -0.2) is 18.5 Å². The summed E-state index contributed by atoms with van der Waals surface area (Å²) in [7, 11) is -16.8. The minimum absolute atomic E-state index is 0.0151. The van der Waals surface area contributed by atoms with Gasteiger partial charge in [-0.3, -0.25) is 14.5 Å². The average molecular weight is 949 g/mol. The second-order valence-corrected chi connectivity index (χ2v) is 22.3. The number of carbonyl (C=O) groups excluding carboxylic acids is 3. The van der Waals surface area contributed by atoms with Crippen molar-refractivity contribution in [1.82, 2.24) is 0 Å². The number of ketones is 2. The van der Waals surface area contributed by atoms with Gasteiger partial charge in [0, 0.05) is 35.3 Å². The molecular weight excluding hydrogens is 897 g/mol. The van der Waals surface area contributed by atoms with Gasteiger partial charge < -0.3 is 38.2 Å². The Hall–Kier alpha value is -4.22. The Morgan fingerprint density at radius 3 is 2.16 bits per heavy atom. The Morgan fingerprint density at radius 1 is 0.938 bits per heavy atom. The molecule has 1 saturated heterocycles. The largest absolute Gasteiger partial charge is 0.536 e. The van der Waals surface area contributed by atoms with E-state index >= 15 is 9.59 Å². The number of Topliss-reactive ketones (excluding diaryl/α,β-unsaturated/α-hetero) is 2. The molecule has 22 heteroatoms. The molecule has 19 nitrogen and oxygen atoms in total. The zero-order valence-corrected chi connectivity index (χ0v) is 39.3. The first-order valence-electron chi connectivity index (χ1n) is 20.3. The third-order valence-electron chi connectivity index (χ3n) is 12.6. The van der Waals surface area contributed by atoms with Crippen LogP contribution in [0, 0.1) is 52.3 Å². The lowest BCUT2D eigenvalue weighted by Gasteiger charge is -2.63. The number of hydrogen-bond acceptors (Lipinski definition) is 15. The topological polar surface area (TPSA) is 296 Å². The number of benzene rings is 1. The third-order valence-corrected chi connectivity index (χ3v) is 16.3. The van der Waals surface area contributed by atoms with Gasteiger partial charge in [-0.15, -0.1) is 0 Å². The highest BCUT2D eigenvalue weighted by molar-refractivity contribution is 7.66. The van der Waals surface area contributed by atoms with Crippen molar-refractivity contribution in [2.75, 3.05) is 7.11 Å². The van der Waals surface area contributed by atoms with E-state index in [1.54, 1.807) is 32.9 Å². The normalized spacial score (nSPS) is 30.2. The standard InChI is InChI=1S/C42H51N2O17P3/c1-22(2)11-10-16-40(8)17-15-27-34(56-40)26(13-12-23(3)4)35-31(36(27)58-63(51,52)61-64(53,54)60-62(48,49)50)33(45)32-30(25(20-43)21-44)28-19-29-39(6,7)59-41(37(28)46,42(29,32)57-35)18-14-24(5)38(47)55-9/h11-12,14-15,17,25,28-30,32H,10,13,16,18-19H2,1-9H3,(H,51,52)(H,53,54)(H2,48,49,50)/b24-14-. The molecule has 9 atom stereocenters. The van der Waals surface area contributed by atoms with E-state index in [0.29, 0.717) is 12.8 Å². The fourth-order valence-corrected chi connectivity index (χ4v) is 13.2. The molecule has 64 heavy (non-hydrogen) atoms. The lowest BCUT2D eigenvalue weighted by molar-refractivity contribution is -0.212. The number of carbonyl (C=O) groups is 3. The van der Waals surface area contributed by atoms with Gasteiger partial charge in [-0.1, -0.05) is 29.4 Å². The van der Waals surface area contributed by atoms with Gasteiger partial charge in [0.2, 0.25) is 0 Å². The average Bonchev–Trinajstić information content (AvgIpc) is 3.30. The molecule has 3 saturated carbocycles. The molecule has 7 rings (SSSR count). The first-order valence-corrected chi connectivity index (χ1v) is 24.8. The van der Waals surface area contributed by atoms with Gasteiger partial charge in [0.05, 0.1) is 36.3 Å². The van der Waals surface area contributed by atoms with Crippen LogP contribution in [0.1, 0.15) is 103 Å². The molecule has 4 N–H and O–H groups in total. The fourth-order valence-electron chi connectivity index (χ4n) is 10.1. The summed E-state index contributed by atoms with van der Waals surface area (Å²) in [5.74, 6) is -9.85. The summed E-state index contributed by atoms with van der Waals surface area (Å²) in [5, 5.41) is 20.8. The van der Waals surface area contributed by atoms with Gasteiger partial charge in [-0.2, -0.15) is 19.1 Å². The number of hydrogen-bond donors (Lipinski definition) is 4. The number of phosphoric acid groups is 3. The molecule has 346 valence electrons. The first kappa shape index (κ1) is 49.2. The van der Waals surface area contributed by atoms with Crippen molar-refractivity contribution < 1.29 is 79.7 Å². The Labute approximate surface area is 370 Å². The van der Waals surface area contributed by atoms with Crippen molar-refractivity contribution in [2.24, 2.45) is 29.6 Å². The predicted octanol–water partition coefficient (Wildman–Crippen LogP) is 7.30. The Kier molecular flexibility index (Phi) is 13.0. The van der Waals surface area contributed by atoms with Crippen LogP contribution in [0.3, 0.4) is 0 Å². The van der Waals surface area contributed by atoms with E-state index in [1.165, 1.54) is 26.2 Å². The summed E-state index contributed by atoms with van der Waals surface area (Å²) in [6, 6.07) is 3.86. The van der Waals surface area contributed by atoms with E-state index in [-0.39, 0.29) is 47.5 Å². The zero-order chi connectivity index (χ0) is 47.7. The Bertz CT molecular complexity index is 2540. The third kappa shape index (κ3) is 8.53. The van der Waals surface area contributed by atoms with Crippen LogP contribution in [-0.4, -0.2) is 66.6 Å². The smallest absolute Gasteiger partial charge is 0.482 e. The Balaban J connectivity index is 1.72. The number of allylic oxidation sites excluding steroid dienone is 4. The molecule has 1 aromatic rings. The summed E-state index contributed by atoms with van der Waals surface area (Å²) in [4.78, 5) is 83.6. The van der Waals surface area contributed by atoms with Crippen molar-refractivity contribution in [3.8, 4) is 29.4 Å². The van der Waals surface area contributed by atoms with Crippen LogP contribution in [0.15, 0.2) is 41.0 Å². The van der Waals surface area contributed by atoms with Crippen molar-refractivity contribution in [3.05, 3.63) is 57.7 Å². The van der Waals surface area contributed by atoms with Crippen molar-refractivity contribution >= 4 is 47.1 Å². The monoisotopic (exact) mass is 948 g/mol. The number of nitrogens with zero attached hydrogens (tertiary/aromatic N) is 2. The lowest BCUT2D eigenvalue weighted by Crippen LogP contribution is -2.79. The van der Waals surface area contributed by atoms with Crippen LogP contribution >= 0.6 is 23.5 Å². The van der Waals surface area contributed by atoms with Crippen LogP contribution in [0.2, 0.25) is 0 Å². The van der Waals surface area contributed by atoms with Crippen LogP contribution in [0.5, 0.6) is 17.2 Å². The molecular formula is C42H51N2O17P3. The number of ether oxygens (including phenoxy) is 4. The quantitative estimate of drug-likeness (QED) is 0.0580. The maximum atomic E-state index is 16.0. The van der Waals surface area contributed by atoms with Crippen molar-refractivity contribution in [1.29, 1.82) is 10.5 Å². The lowest BCUT2D eigenvalue weighted by atomic mass is 9.42. The van der Waals surface area contributed by atoms with Crippen LogP contribution in [0.25, 0.3) is 6.08 Å². The highest BCUT2D eigenvalue weighted by Gasteiger charge is 2.86. The predicted molar refractivity (Wildman–Crippen MR) is 225 cm³/mol. The zero-order valence-electron chi connectivity index (χ0n) is 36.6. The molecule has 3 aliphatic heterocycles. The highest BCUT2D eigenvalue weighted by Crippen LogP contribution is 2.73. The minimum Gasteiger partial charge on any atom is -0.482 e. The number of phosphoric ester groups is 1. The number of nitriles is 2. The first-order chi connectivity index (χ1) is 29.5. The van der Waals surface area contributed by atoms with E-state index in [2.05, 4.69) is 8.62 Å².